The van der Waals surface area contributed by atoms with Gasteiger partial charge < -0.3 is 10.1 Å². The maximum absolute atomic E-state index is 13.6. The van der Waals surface area contributed by atoms with Gasteiger partial charge in [0.1, 0.15) is 0 Å². The monoisotopic (exact) mass is 287 g/mol. The Balaban J connectivity index is 2.47. The summed E-state index contributed by atoms with van der Waals surface area (Å²) >= 11 is 0. The highest BCUT2D eigenvalue weighted by Crippen LogP contribution is 2.28. The van der Waals surface area contributed by atoms with Crippen molar-refractivity contribution in [2.24, 2.45) is 0 Å². The molecule has 0 saturated heterocycles. The van der Waals surface area contributed by atoms with Crippen LogP contribution < -0.4 is 10.1 Å². The molecule has 3 heteroatoms. The Morgan fingerprint density at radius 2 is 1.71 bits per heavy atom. The van der Waals surface area contributed by atoms with E-state index >= 15 is 0 Å². The van der Waals surface area contributed by atoms with Gasteiger partial charge in [-0.3, -0.25) is 0 Å². The van der Waals surface area contributed by atoms with Gasteiger partial charge in [-0.15, -0.1) is 0 Å². The quantitative estimate of drug-likeness (QED) is 0.892. The van der Waals surface area contributed by atoms with Crippen LogP contribution >= 0.6 is 0 Å². The van der Waals surface area contributed by atoms with Crippen molar-refractivity contribution in [3.05, 3.63) is 64.5 Å². The van der Waals surface area contributed by atoms with Gasteiger partial charge in [-0.1, -0.05) is 42.3 Å². The standard InChI is InChI=1S/C18H22FNO/c1-5-20-18(15-9-12(2)8-13(3)10-15)14-6-7-16(19)17(11-14)21-4/h6-11,18,20H,5H2,1-4H3. The van der Waals surface area contributed by atoms with Crippen molar-refractivity contribution in [3.63, 3.8) is 0 Å². The molecule has 0 saturated carbocycles. The Morgan fingerprint density at radius 3 is 2.29 bits per heavy atom. The van der Waals surface area contributed by atoms with Crippen molar-refractivity contribution >= 4 is 0 Å². The van der Waals surface area contributed by atoms with E-state index in [0.29, 0.717) is 0 Å². The number of hydrogen-bond donors (Lipinski definition) is 1. The number of hydrogen-bond acceptors (Lipinski definition) is 2. The lowest BCUT2D eigenvalue weighted by atomic mass is 9.95. The molecule has 0 amide bonds. The lowest BCUT2D eigenvalue weighted by Gasteiger charge is -2.21. The van der Waals surface area contributed by atoms with Crippen molar-refractivity contribution in [3.8, 4) is 5.75 Å². The van der Waals surface area contributed by atoms with Crippen molar-refractivity contribution < 1.29 is 9.13 Å². The first-order valence-corrected chi connectivity index (χ1v) is 7.20. The van der Waals surface area contributed by atoms with E-state index in [2.05, 4.69) is 44.3 Å². The van der Waals surface area contributed by atoms with E-state index in [9.17, 15) is 4.39 Å². The van der Waals surface area contributed by atoms with Crippen LogP contribution in [0.2, 0.25) is 0 Å². The van der Waals surface area contributed by atoms with Crippen molar-refractivity contribution in [2.75, 3.05) is 13.7 Å². The minimum atomic E-state index is -0.336. The van der Waals surface area contributed by atoms with Gasteiger partial charge >= 0.3 is 0 Å². The first kappa shape index (κ1) is 15.5. The fourth-order valence-corrected chi connectivity index (χ4v) is 2.66. The molecule has 21 heavy (non-hydrogen) atoms. The number of methoxy groups -OCH3 is 1. The molecule has 2 aromatic carbocycles. The zero-order valence-electron chi connectivity index (χ0n) is 13.0. The Kier molecular flexibility index (Phi) is 4.97. The van der Waals surface area contributed by atoms with Gasteiger partial charge in [-0.25, -0.2) is 4.39 Å². The maximum Gasteiger partial charge on any atom is 0.165 e. The third kappa shape index (κ3) is 3.61. The van der Waals surface area contributed by atoms with Crippen LogP contribution in [0.25, 0.3) is 0 Å². The summed E-state index contributed by atoms with van der Waals surface area (Å²) in [6.07, 6.45) is 0. The molecule has 1 atom stereocenters. The normalized spacial score (nSPS) is 12.2. The summed E-state index contributed by atoms with van der Waals surface area (Å²) < 4.78 is 18.7. The van der Waals surface area contributed by atoms with Crippen molar-refractivity contribution in [1.29, 1.82) is 0 Å². The first-order valence-electron chi connectivity index (χ1n) is 7.20. The molecule has 0 aliphatic rings. The van der Waals surface area contributed by atoms with E-state index < -0.39 is 0 Å². The second-order valence-corrected chi connectivity index (χ2v) is 5.31. The van der Waals surface area contributed by atoms with Gasteiger partial charge in [0.2, 0.25) is 0 Å². The fraction of sp³-hybridized carbons (Fsp3) is 0.333. The average Bonchev–Trinajstić information content (AvgIpc) is 2.44. The van der Waals surface area contributed by atoms with Crippen LogP contribution in [0.5, 0.6) is 5.75 Å². The molecule has 2 aromatic rings. The van der Waals surface area contributed by atoms with Gasteiger partial charge in [0, 0.05) is 0 Å². The smallest absolute Gasteiger partial charge is 0.165 e. The molecule has 0 fully saturated rings. The number of rotatable bonds is 5. The Morgan fingerprint density at radius 1 is 1.05 bits per heavy atom. The first-order chi connectivity index (χ1) is 10.0. The molecule has 0 heterocycles. The largest absolute Gasteiger partial charge is 0.494 e. The Labute approximate surface area is 126 Å². The van der Waals surface area contributed by atoms with Gasteiger partial charge in [0.15, 0.2) is 11.6 Å². The topological polar surface area (TPSA) is 21.3 Å². The SMILES string of the molecule is CCNC(c1cc(C)cc(C)c1)c1ccc(F)c(OC)c1. The molecule has 0 aliphatic heterocycles. The molecule has 1 unspecified atom stereocenters. The summed E-state index contributed by atoms with van der Waals surface area (Å²) in [5, 5.41) is 3.46. The minimum Gasteiger partial charge on any atom is -0.494 e. The summed E-state index contributed by atoms with van der Waals surface area (Å²) in [7, 11) is 1.49. The molecule has 0 bridgehead atoms. The van der Waals surface area contributed by atoms with Gasteiger partial charge in [0.05, 0.1) is 13.2 Å². The van der Waals surface area contributed by atoms with Crippen LogP contribution in [0, 0.1) is 19.7 Å². The summed E-state index contributed by atoms with van der Waals surface area (Å²) in [5.74, 6) is -0.0586. The van der Waals surface area contributed by atoms with Crippen LogP contribution in [0.15, 0.2) is 36.4 Å². The predicted octanol–water partition coefficient (Wildman–Crippen LogP) is 4.15. The van der Waals surface area contributed by atoms with E-state index in [1.165, 1.54) is 29.9 Å². The molecular formula is C18H22FNO. The molecule has 0 radical (unpaired) electrons. The van der Waals surface area contributed by atoms with Gasteiger partial charge in [-0.05, 0) is 43.7 Å². The molecule has 0 aliphatic carbocycles. The van der Waals surface area contributed by atoms with Gasteiger partial charge in [0.25, 0.3) is 0 Å². The summed E-state index contributed by atoms with van der Waals surface area (Å²) in [5.41, 5.74) is 4.63. The Hall–Kier alpha value is -1.87. The zero-order valence-corrected chi connectivity index (χ0v) is 13.0. The third-order valence-corrected chi connectivity index (χ3v) is 3.49. The highest BCUT2D eigenvalue weighted by molar-refractivity contribution is 5.40. The summed E-state index contributed by atoms with van der Waals surface area (Å²) in [4.78, 5) is 0. The predicted molar refractivity (Wildman–Crippen MR) is 84.4 cm³/mol. The van der Waals surface area contributed by atoms with E-state index in [-0.39, 0.29) is 17.6 Å². The highest BCUT2D eigenvalue weighted by atomic mass is 19.1. The maximum atomic E-state index is 13.6. The number of nitrogens with one attached hydrogen (secondary N) is 1. The number of halogens is 1. The summed E-state index contributed by atoms with van der Waals surface area (Å²) in [6, 6.07) is 11.5. The second kappa shape index (κ2) is 6.72. The number of benzene rings is 2. The molecular weight excluding hydrogens is 265 g/mol. The van der Waals surface area contributed by atoms with Crippen molar-refractivity contribution in [1.82, 2.24) is 5.32 Å². The fourth-order valence-electron chi connectivity index (χ4n) is 2.66. The lowest BCUT2D eigenvalue weighted by molar-refractivity contribution is 0.385. The van der Waals surface area contributed by atoms with Crippen LogP contribution in [0.1, 0.15) is 35.2 Å². The van der Waals surface area contributed by atoms with E-state index in [4.69, 9.17) is 4.74 Å². The van der Waals surface area contributed by atoms with Crippen LogP contribution in [0.4, 0.5) is 4.39 Å². The second-order valence-electron chi connectivity index (χ2n) is 5.31. The zero-order chi connectivity index (χ0) is 15.4. The Bertz CT molecular complexity index is 604. The average molecular weight is 287 g/mol. The lowest BCUT2D eigenvalue weighted by Crippen LogP contribution is -2.22. The minimum absolute atomic E-state index is 0.0306. The summed E-state index contributed by atoms with van der Waals surface area (Å²) in [6.45, 7) is 7.07. The van der Waals surface area contributed by atoms with E-state index in [1.54, 1.807) is 6.07 Å². The number of aryl methyl sites for hydroxylation is 2. The van der Waals surface area contributed by atoms with E-state index in [0.717, 1.165) is 12.1 Å². The molecule has 1 N–H and O–H groups in total. The molecule has 0 aromatic heterocycles. The van der Waals surface area contributed by atoms with Crippen LogP contribution in [0.3, 0.4) is 0 Å². The van der Waals surface area contributed by atoms with E-state index in [1.807, 2.05) is 6.07 Å². The molecule has 2 rings (SSSR count). The molecule has 2 nitrogen and oxygen atoms in total. The highest BCUT2D eigenvalue weighted by Gasteiger charge is 2.16. The molecule has 0 spiro atoms. The van der Waals surface area contributed by atoms with Crippen LogP contribution in [-0.4, -0.2) is 13.7 Å². The molecule has 112 valence electrons. The number of ether oxygens (including phenoxy) is 1. The van der Waals surface area contributed by atoms with Gasteiger partial charge in [-0.2, -0.15) is 0 Å². The van der Waals surface area contributed by atoms with Crippen molar-refractivity contribution in [2.45, 2.75) is 26.8 Å². The third-order valence-electron chi connectivity index (χ3n) is 3.49. The van der Waals surface area contributed by atoms with Crippen LogP contribution in [-0.2, 0) is 0 Å².